The molecule has 0 spiro atoms. The van der Waals surface area contributed by atoms with Crippen LogP contribution in [0.15, 0.2) is 18.3 Å². The van der Waals surface area contributed by atoms with Crippen LogP contribution in [-0.4, -0.2) is 50.7 Å². The SMILES string of the molecule is CNc1ccnc(C(=O)NCC(=O)NCCOC)c1. The van der Waals surface area contributed by atoms with Crippen molar-refractivity contribution in [2.45, 2.75) is 0 Å². The molecular weight excluding hydrogens is 248 g/mol. The van der Waals surface area contributed by atoms with E-state index in [-0.39, 0.29) is 24.1 Å². The Balaban J connectivity index is 2.40. The van der Waals surface area contributed by atoms with Crippen LogP contribution in [0.25, 0.3) is 0 Å². The number of amides is 2. The summed E-state index contributed by atoms with van der Waals surface area (Å²) in [5.41, 5.74) is 1.04. The van der Waals surface area contributed by atoms with Crippen molar-refractivity contribution in [1.82, 2.24) is 15.6 Å². The van der Waals surface area contributed by atoms with Gasteiger partial charge in [-0.15, -0.1) is 0 Å². The van der Waals surface area contributed by atoms with Gasteiger partial charge in [0.05, 0.1) is 13.2 Å². The molecule has 0 aliphatic rings. The maximum atomic E-state index is 11.7. The van der Waals surface area contributed by atoms with E-state index in [1.54, 1.807) is 26.3 Å². The van der Waals surface area contributed by atoms with Gasteiger partial charge in [0.25, 0.3) is 5.91 Å². The van der Waals surface area contributed by atoms with E-state index in [0.29, 0.717) is 13.2 Å². The highest BCUT2D eigenvalue weighted by atomic mass is 16.5. The van der Waals surface area contributed by atoms with Gasteiger partial charge in [-0.25, -0.2) is 0 Å². The van der Waals surface area contributed by atoms with Gasteiger partial charge in [-0.3, -0.25) is 14.6 Å². The number of rotatable bonds is 7. The van der Waals surface area contributed by atoms with Gasteiger partial charge in [-0.05, 0) is 12.1 Å². The van der Waals surface area contributed by atoms with Crippen molar-refractivity contribution in [3.05, 3.63) is 24.0 Å². The highest BCUT2D eigenvalue weighted by molar-refractivity contribution is 5.95. The molecule has 0 aromatic carbocycles. The summed E-state index contributed by atoms with van der Waals surface area (Å²) < 4.78 is 4.79. The number of ether oxygens (including phenoxy) is 1. The summed E-state index contributed by atoms with van der Waals surface area (Å²) in [6.07, 6.45) is 1.53. The molecular formula is C12H18N4O3. The first-order valence-corrected chi connectivity index (χ1v) is 5.85. The second-order valence-electron chi connectivity index (χ2n) is 3.71. The van der Waals surface area contributed by atoms with Crippen LogP contribution in [0.1, 0.15) is 10.5 Å². The lowest BCUT2D eigenvalue weighted by Gasteiger charge is -2.07. The van der Waals surface area contributed by atoms with Crippen LogP contribution in [0, 0.1) is 0 Å². The minimum absolute atomic E-state index is 0.0893. The molecule has 1 rings (SSSR count). The van der Waals surface area contributed by atoms with Gasteiger partial charge >= 0.3 is 0 Å². The predicted octanol–water partition coefficient (Wildman–Crippen LogP) is -0.384. The third-order valence-electron chi connectivity index (χ3n) is 2.32. The van der Waals surface area contributed by atoms with E-state index in [2.05, 4.69) is 20.9 Å². The topological polar surface area (TPSA) is 92.4 Å². The molecule has 3 N–H and O–H groups in total. The van der Waals surface area contributed by atoms with Gasteiger partial charge in [0.2, 0.25) is 5.91 Å². The Morgan fingerprint density at radius 1 is 1.37 bits per heavy atom. The fourth-order valence-electron chi connectivity index (χ4n) is 1.32. The number of hydrogen-bond donors (Lipinski definition) is 3. The number of pyridine rings is 1. The average Bonchev–Trinajstić information content (AvgIpc) is 2.45. The zero-order valence-electron chi connectivity index (χ0n) is 11.0. The number of nitrogens with one attached hydrogen (secondary N) is 3. The van der Waals surface area contributed by atoms with E-state index in [4.69, 9.17) is 4.74 Å². The molecule has 0 saturated carbocycles. The highest BCUT2D eigenvalue weighted by Crippen LogP contribution is 2.06. The molecule has 0 aliphatic heterocycles. The fourth-order valence-corrected chi connectivity index (χ4v) is 1.32. The van der Waals surface area contributed by atoms with Crippen LogP contribution in [0.2, 0.25) is 0 Å². The van der Waals surface area contributed by atoms with E-state index in [1.807, 2.05) is 0 Å². The zero-order chi connectivity index (χ0) is 14.1. The minimum Gasteiger partial charge on any atom is -0.388 e. The van der Waals surface area contributed by atoms with Crippen molar-refractivity contribution in [1.29, 1.82) is 0 Å². The van der Waals surface area contributed by atoms with Gasteiger partial charge < -0.3 is 20.7 Å². The van der Waals surface area contributed by atoms with Gasteiger partial charge in [0, 0.05) is 32.6 Å². The second kappa shape index (κ2) is 8.04. The van der Waals surface area contributed by atoms with E-state index in [1.165, 1.54) is 6.20 Å². The third-order valence-corrected chi connectivity index (χ3v) is 2.32. The molecule has 0 saturated heterocycles. The molecule has 0 fully saturated rings. The molecule has 7 nitrogen and oxygen atoms in total. The van der Waals surface area contributed by atoms with Crippen molar-refractivity contribution >= 4 is 17.5 Å². The van der Waals surface area contributed by atoms with Crippen molar-refractivity contribution in [2.24, 2.45) is 0 Å². The Morgan fingerprint density at radius 2 is 2.16 bits per heavy atom. The van der Waals surface area contributed by atoms with Gasteiger partial charge in [-0.2, -0.15) is 0 Å². The monoisotopic (exact) mass is 266 g/mol. The summed E-state index contributed by atoms with van der Waals surface area (Å²) in [4.78, 5) is 27.0. The largest absolute Gasteiger partial charge is 0.388 e. The number of hydrogen-bond acceptors (Lipinski definition) is 5. The van der Waals surface area contributed by atoms with E-state index in [9.17, 15) is 9.59 Å². The minimum atomic E-state index is -0.390. The van der Waals surface area contributed by atoms with Gasteiger partial charge in [-0.1, -0.05) is 0 Å². The number of carbonyl (C=O) groups excluding carboxylic acids is 2. The van der Waals surface area contributed by atoms with Crippen molar-refractivity contribution < 1.29 is 14.3 Å². The molecule has 0 radical (unpaired) electrons. The van der Waals surface area contributed by atoms with Crippen LogP contribution in [0.3, 0.4) is 0 Å². The number of aromatic nitrogens is 1. The Labute approximate surface area is 111 Å². The number of methoxy groups -OCH3 is 1. The van der Waals surface area contributed by atoms with Crippen molar-refractivity contribution in [3.63, 3.8) is 0 Å². The molecule has 0 aliphatic carbocycles. The average molecular weight is 266 g/mol. The first kappa shape index (κ1) is 14.9. The van der Waals surface area contributed by atoms with Gasteiger partial charge in [0.1, 0.15) is 5.69 Å². The first-order chi connectivity index (χ1) is 9.17. The molecule has 7 heteroatoms. The third kappa shape index (κ3) is 5.35. The van der Waals surface area contributed by atoms with Crippen molar-refractivity contribution in [2.75, 3.05) is 39.2 Å². The molecule has 1 aromatic rings. The number of anilines is 1. The second-order valence-corrected chi connectivity index (χ2v) is 3.71. The van der Waals surface area contributed by atoms with E-state index in [0.717, 1.165) is 5.69 Å². The summed E-state index contributed by atoms with van der Waals surface area (Å²) >= 11 is 0. The molecule has 2 amide bonds. The maximum Gasteiger partial charge on any atom is 0.270 e. The molecule has 0 bridgehead atoms. The lowest BCUT2D eigenvalue weighted by atomic mass is 10.3. The zero-order valence-corrected chi connectivity index (χ0v) is 11.0. The molecule has 104 valence electrons. The molecule has 1 heterocycles. The number of carbonyl (C=O) groups is 2. The Bertz CT molecular complexity index is 437. The maximum absolute atomic E-state index is 11.7. The first-order valence-electron chi connectivity index (χ1n) is 5.85. The quantitative estimate of drug-likeness (QED) is 0.585. The van der Waals surface area contributed by atoms with E-state index >= 15 is 0 Å². The molecule has 19 heavy (non-hydrogen) atoms. The predicted molar refractivity (Wildman–Crippen MR) is 71.0 cm³/mol. The van der Waals surface area contributed by atoms with Crippen LogP contribution in [0.5, 0.6) is 0 Å². The summed E-state index contributed by atoms with van der Waals surface area (Å²) in [5, 5.41) is 8.00. The number of nitrogens with zero attached hydrogens (tertiary/aromatic N) is 1. The summed E-state index contributed by atoms with van der Waals surface area (Å²) in [6.45, 7) is 0.762. The fraction of sp³-hybridized carbons (Fsp3) is 0.417. The smallest absolute Gasteiger partial charge is 0.270 e. The normalized spacial score (nSPS) is 9.79. The van der Waals surface area contributed by atoms with E-state index < -0.39 is 0 Å². The summed E-state index contributed by atoms with van der Waals surface area (Å²) in [5.74, 6) is -0.658. The van der Waals surface area contributed by atoms with Crippen molar-refractivity contribution in [3.8, 4) is 0 Å². The molecule has 1 aromatic heterocycles. The summed E-state index contributed by atoms with van der Waals surface area (Å²) in [6, 6.07) is 3.35. The standard InChI is InChI=1S/C12H18N4O3/c1-13-9-3-4-14-10(7-9)12(18)16-8-11(17)15-5-6-19-2/h3-4,7H,5-6,8H2,1-2H3,(H,13,14)(H,15,17)(H,16,18). The lowest BCUT2D eigenvalue weighted by Crippen LogP contribution is -2.38. The van der Waals surface area contributed by atoms with Crippen LogP contribution >= 0.6 is 0 Å². The van der Waals surface area contributed by atoms with Gasteiger partial charge in [0.15, 0.2) is 0 Å². The Hall–Kier alpha value is -2.15. The molecule has 0 unspecified atom stereocenters. The summed E-state index contributed by atoms with van der Waals surface area (Å²) in [7, 11) is 3.30. The van der Waals surface area contributed by atoms with Crippen LogP contribution in [0.4, 0.5) is 5.69 Å². The lowest BCUT2D eigenvalue weighted by molar-refractivity contribution is -0.120. The highest BCUT2D eigenvalue weighted by Gasteiger charge is 2.09. The molecule has 0 atom stereocenters. The van der Waals surface area contributed by atoms with Crippen LogP contribution < -0.4 is 16.0 Å². The Morgan fingerprint density at radius 3 is 2.84 bits per heavy atom. The Kier molecular flexibility index (Phi) is 6.31. The van der Waals surface area contributed by atoms with Crippen LogP contribution in [-0.2, 0) is 9.53 Å².